The maximum atomic E-state index is 5.76. The molecule has 0 amide bonds. The van der Waals surface area contributed by atoms with Gasteiger partial charge in [0.05, 0.1) is 0 Å². The highest BCUT2D eigenvalue weighted by Gasteiger charge is 2.09. The molecule has 0 spiro atoms. The first-order valence-electron chi connectivity index (χ1n) is 5.26. The molecule has 0 saturated carbocycles. The summed E-state index contributed by atoms with van der Waals surface area (Å²) in [7, 11) is 0. The van der Waals surface area contributed by atoms with Gasteiger partial charge in [0.15, 0.2) is 5.82 Å². The second-order valence-corrected chi connectivity index (χ2v) is 3.62. The Hall–Kier alpha value is -1.19. The maximum absolute atomic E-state index is 5.76. The third-order valence-corrected chi connectivity index (χ3v) is 2.32. The molecule has 80 valence electrons. The maximum Gasteiger partial charge on any atom is 0.168 e. The number of hydrogen-bond donors (Lipinski definition) is 3. The van der Waals surface area contributed by atoms with Crippen molar-refractivity contribution in [1.29, 1.82) is 0 Å². The van der Waals surface area contributed by atoms with Gasteiger partial charge in [-0.2, -0.15) is 0 Å². The molecule has 1 aromatic heterocycles. The molecule has 1 aromatic rings. The van der Waals surface area contributed by atoms with Gasteiger partial charge in [-0.05, 0) is 19.8 Å². The summed E-state index contributed by atoms with van der Waals surface area (Å²) < 4.78 is 0. The highest BCUT2D eigenvalue weighted by molar-refractivity contribution is 5.57. The van der Waals surface area contributed by atoms with Crippen molar-refractivity contribution in [1.82, 2.24) is 9.97 Å². The van der Waals surface area contributed by atoms with Crippen molar-refractivity contribution >= 4 is 11.6 Å². The number of nitrogens with two attached hydrogens (primary N) is 1. The zero-order valence-electron chi connectivity index (χ0n) is 9.22. The Labute approximate surface area is 85.3 Å². The molecule has 1 atom stereocenters. The van der Waals surface area contributed by atoms with Crippen molar-refractivity contribution in [3.63, 3.8) is 0 Å². The second-order valence-electron chi connectivity index (χ2n) is 3.62. The lowest BCUT2D eigenvalue weighted by Crippen LogP contribution is -2.18. The highest BCUT2D eigenvalue weighted by Crippen LogP contribution is 2.17. The number of aryl methyl sites for hydroxylation is 1. The number of hydrogen-bond acceptors (Lipinski definition) is 3. The molecule has 0 aromatic carbocycles. The van der Waals surface area contributed by atoms with E-state index in [0.29, 0.717) is 11.9 Å². The van der Waals surface area contributed by atoms with Gasteiger partial charge in [0, 0.05) is 6.04 Å². The summed E-state index contributed by atoms with van der Waals surface area (Å²) in [5.41, 5.74) is 5.76. The third-order valence-electron chi connectivity index (χ3n) is 2.32. The molecule has 0 saturated heterocycles. The van der Waals surface area contributed by atoms with Gasteiger partial charge in [-0.3, -0.25) is 0 Å². The lowest BCUT2D eigenvalue weighted by Gasteiger charge is -2.15. The molecule has 0 aliphatic heterocycles. The monoisotopic (exact) mass is 196 g/mol. The number of nitrogen functional groups attached to an aromatic ring is 1. The molecule has 4 heteroatoms. The molecule has 0 radical (unpaired) electrons. The Kier molecular flexibility index (Phi) is 3.80. The van der Waals surface area contributed by atoms with Crippen molar-refractivity contribution in [2.75, 3.05) is 11.1 Å². The van der Waals surface area contributed by atoms with Crippen LogP contribution >= 0.6 is 0 Å². The van der Waals surface area contributed by atoms with E-state index in [9.17, 15) is 0 Å². The first kappa shape index (κ1) is 10.9. The minimum absolute atomic E-state index is 0.477. The Morgan fingerprint density at radius 2 is 2.21 bits per heavy atom. The molecule has 1 rings (SSSR count). The summed E-state index contributed by atoms with van der Waals surface area (Å²) in [5, 5.41) is 3.35. The van der Waals surface area contributed by atoms with Crippen LogP contribution in [0.15, 0.2) is 0 Å². The number of aromatic amines is 1. The van der Waals surface area contributed by atoms with E-state index >= 15 is 0 Å². The van der Waals surface area contributed by atoms with Crippen molar-refractivity contribution in [2.24, 2.45) is 0 Å². The normalized spacial score (nSPS) is 12.8. The number of anilines is 2. The van der Waals surface area contributed by atoms with Gasteiger partial charge < -0.3 is 16.0 Å². The molecular formula is C10H20N4. The fourth-order valence-electron chi connectivity index (χ4n) is 1.54. The lowest BCUT2D eigenvalue weighted by atomic mass is 10.1. The van der Waals surface area contributed by atoms with E-state index in [1.165, 1.54) is 6.42 Å². The minimum Gasteiger partial charge on any atom is -0.382 e. The summed E-state index contributed by atoms with van der Waals surface area (Å²) in [6.07, 6.45) is 3.43. The molecule has 4 nitrogen and oxygen atoms in total. The number of rotatable bonds is 5. The standard InChI is InChI=1S/C10H20N4/c1-4-6-8(5-2)14-10-9(11)12-7(3)13-10/h8,14H,4-6,11H2,1-3H3,(H,12,13). The van der Waals surface area contributed by atoms with E-state index in [1.807, 2.05) is 6.92 Å². The Balaban J connectivity index is 2.61. The van der Waals surface area contributed by atoms with E-state index in [4.69, 9.17) is 5.73 Å². The molecule has 1 unspecified atom stereocenters. The predicted molar refractivity (Wildman–Crippen MR) is 60.3 cm³/mol. The zero-order chi connectivity index (χ0) is 10.6. The van der Waals surface area contributed by atoms with Crippen LogP contribution in [0, 0.1) is 6.92 Å². The van der Waals surface area contributed by atoms with Crippen molar-refractivity contribution in [3.05, 3.63) is 5.82 Å². The van der Waals surface area contributed by atoms with E-state index < -0.39 is 0 Å². The quantitative estimate of drug-likeness (QED) is 0.677. The highest BCUT2D eigenvalue weighted by atomic mass is 15.1. The van der Waals surface area contributed by atoms with Crippen LogP contribution in [0.3, 0.4) is 0 Å². The summed E-state index contributed by atoms with van der Waals surface area (Å²) in [4.78, 5) is 7.27. The summed E-state index contributed by atoms with van der Waals surface area (Å²) in [6.45, 7) is 6.26. The topological polar surface area (TPSA) is 66.7 Å². The SMILES string of the molecule is CCCC(CC)Nc1nc(C)[nH]c1N. The second kappa shape index (κ2) is 4.88. The fourth-order valence-corrected chi connectivity index (χ4v) is 1.54. The van der Waals surface area contributed by atoms with Crippen LogP contribution in [0.25, 0.3) is 0 Å². The molecular weight excluding hydrogens is 176 g/mol. The largest absolute Gasteiger partial charge is 0.382 e. The van der Waals surface area contributed by atoms with Crippen LogP contribution in [0.1, 0.15) is 38.9 Å². The molecule has 4 N–H and O–H groups in total. The lowest BCUT2D eigenvalue weighted by molar-refractivity contribution is 0.621. The van der Waals surface area contributed by atoms with Crippen LogP contribution in [0.4, 0.5) is 11.6 Å². The molecule has 0 bridgehead atoms. The van der Waals surface area contributed by atoms with Crippen LogP contribution in [-0.4, -0.2) is 16.0 Å². The van der Waals surface area contributed by atoms with Gasteiger partial charge in [0.1, 0.15) is 11.6 Å². The average molecular weight is 196 g/mol. The molecule has 1 heterocycles. The average Bonchev–Trinajstić information content (AvgIpc) is 2.44. The first-order chi connectivity index (χ1) is 6.67. The van der Waals surface area contributed by atoms with Gasteiger partial charge in [0.2, 0.25) is 0 Å². The van der Waals surface area contributed by atoms with Crippen LogP contribution in [-0.2, 0) is 0 Å². The van der Waals surface area contributed by atoms with E-state index in [0.717, 1.165) is 24.5 Å². The predicted octanol–water partition coefficient (Wildman–Crippen LogP) is 2.29. The van der Waals surface area contributed by atoms with Crippen LogP contribution < -0.4 is 11.1 Å². The van der Waals surface area contributed by atoms with Crippen molar-refractivity contribution in [2.45, 2.75) is 46.1 Å². The zero-order valence-corrected chi connectivity index (χ0v) is 9.22. The Bertz CT molecular complexity index is 280. The van der Waals surface area contributed by atoms with Crippen molar-refractivity contribution in [3.8, 4) is 0 Å². The van der Waals surface area contributed by atoms with E-state index in [-0.39, 0.29) is 0 Å². The van der Waals surface area contributed by atoms with Gasteiger partial charge in [-0.25, -0.2) is 4.98 Å². The minimum atomic E-state index is 0.477. The van der Waals surface area contributed by atoms with Gasteiger partial charge in [0.25, 0.3) is 0 Å². The van der Waals surface area contributed by atoms with Gasteiger partial charge in [-0.1, -0.05) is 20.3 Å². The number of aromatic nitrogens is 2. The smallest absolute Gasteiger partial charge is 0.168 e. The first-order valence-corrected chi connectivity index (χ1v) is 5.26. The van der Waals surface area contributed by atoms with E-state index in [1.54, 1.807) is 0 Å². The number of imidazole rings is 1. The third kappa shape index (κ3) is 2.65. The fraction of sp³-hybridized carbons (Fsp3) is 0.700. The number of nitrogens with one attached hydrogen (secondary N) is 2. The van der Waals surface area contributed by atoms with Gasteiger partial charge in [-0.15, -0.1) is 0 Å². The summed E-state index contributed by atoms with van der Waals surface area (Å²) in [6, 6.07) is 0.477. The molecule has 0 aliphatic rings. The van der Waals surface area contributed by atoms with E-state index in [2.05, 4.69) is 29.1 Å². The van der Waals surface area contributed by atoms with Gasteiger partial charge >= 0.3 is 0 Å². The number of nitrogens with zero attached hydrogens (tertiary/aromatic N) is 1. The summed E-state index contributed by atoms with van der Waals surface area (Å²) >= 11 is 0. The Morgan fingerprint density at radius 1 is 1.50 bits per heavy atom. The summed E-state index contributed by atoms with van der Waals surface area (Å²) in [5.74, 6) is 2.29. The van der Waals surface area contributed by atoms with Crippen molar-refractivity contribution < 1.29 is 0 Å². The molecule has 14 heavy (non-hydrogen) atoms. The molecule has 0 fully saturated rings. The van der Waals surface area contributed by atoms with Crippen LogP contribution in [0.5, 0.6) is 0 Å². The Morgan fingerprint density at radius 3 is 2.64 bits per heavy atom. The molecule has 0 aliphatic carbocycles. The van der Waals surface area contributed by atoms with Crippen LogP contribution in [0.2, 0.25) is 0 Å². The number of H-pyrrole nitrogens is 1.